The van der Waals surface area contributed by atoms with Crippen molar-refractivity contribution in [3.8, 4) is 5.88 Å². The number of hydrogen-bond acceptors (Lipinski definition) is 5. The van der Waals surface area contributed by atoms with E-state index in [1.54, 1.807) is 0 Å². The van der Waals surface area contributed by atoms with Crippen LogP contribution in [0.3, 0.4) is 0 Å². The zero-order chi connectivity index (χ0) is 12.3. The SMILES string of the molecule is COc1nc(Cl)c([N+](=O)[O-])cc1CC(N)=O. The molecule has 0 aromatic carbocycles. The van der Waals surface area contributed by atoms with E-state index >= 15 is 0 Å². The number of hydrogen-bond donors (Lipinski definition) is 1. The smallest absolute Gasteiger partial charge is 0.307 e. The van der Waals surface area contributed by atoms with Crippen molar-refractivity contribution in [2.24, 2.45) is 5.73 Å². The molecule has 0 atom stereocenters. The van der Waals surface area contributed by atoms with Crippen molar-refractivity contribution in [3.63, 3.8) is 0 Å². The minimum atomic E-state index is -0.695. The fourth-order valence-corrected chi connectivity index (χ4v) is 1.32. The number of carbonyl (C=O) groups is 1. The number of amides is 1. The number of primary amides is 1. The Labute approximate surface area is 95.3 Å². The summed E-state index contributed by atoms with van der Waals surface area (Å²) in [7, 11) is 1.31. The Balaban J connectivity index is 3.28. The van der Waals surface area contributed by atoms with E-state index in [0.717, 1.165) is 6.07 Å². The van der Waals surface area contributed by atoms with Crippen LogP contribution < -0.4 is 10.5 Å². The molecule has 1 rings (SSSR count). The highest BCUT2D eigenvalue weighted by molar-refractivity contribution is 6.31. The van der Waals surface area contributed by atoms with Gasteiger partial charge in [-0.25, -0.2) is 0 Å². The first-order valence-corrected chi connectivity index (χ1v) is 4.49. The average Bonchev–Trinajstić information content (AvgIpc) is 2.18. The summed E-state index contributed by atoms with van der Waals surface area (Å²) in [5.41, 5.74) is 4.82. The lowest BCUT2D eigenvalue weighted by Gasteiger charge is -2.06. The van der Waals surface area contributed by atoms with E-state index in [9.17, 15) is 14.9 Å². The predicted molar refractivity (Wildman–Crippen MR) is 55.4 cm³/mol. The first-order valence-electron chi connectivity index (χ1n) is 4.11. The quantitative estimate of drug-likeness (QED) is 0.477. The van der Waals surface area contributed by atoms with Gasteiger partial charge >= 0.3 is 5.69 Å². The van der Waals surface area contributed by atoms with Gasteiger partial charge in [-0.2, -0.15) is 4.98 Å². The summed E-state index contributed by atoms with van der Waals surface area (Å²) in [5, 5.41) is 10.3. The second kappa shape index (κ2) is 4.75. The molecule has 86 valence electrons. The van der Waals surface area contributed by atoms with E-state index in [0.29, 0.717) is 0 Å². The Morgan fingerprint density at radius 2 is 2.38 bits per heavy atom. The number of methoxy groups -OCH3 is 1. The largest absolute Gasteiger partial charge is 0.481 e. The Bertz CT molecular complexity index is 449. The van der Waals surface area contributed by atoms with Gasteiger partial charge in [0.2, 0.25) is 16.9 Å². The number of nitrogens with zero attached hydrogens (tertiary/aromatic N) is 2. The van der Waals surface area contributed by atoms with Gasteiger partial charge in [-0.3, -0.25) is 14.9 Å². The highest BCUT2D eigenvalue weighted by Gasteiger charge is 2.19. The van der Waals surface area contributed by atoms with E-state index in [1.165, 1.54) is 7.11 Å². The topological polar surface area (TPSA) is 108 Å². The predicted octanol–water partition coefficient (Wildman–Crippen LogP) is 0.680. The van der Waals surface area contributed by atoms with Gasteiger partial charge in [0.15, 0.2) is 0 Å². The molecule has 1 aromatic heterocycles. The van der Waals surface area contributed by atoms with Crippen molar-refractivity contribution in [1.82, 2.24) is 4.98 Å². The van der Waals surface area contributed by atoms with Crippen LogP contribution in [0.25, 0.3) is 0 Å². The van der Waals surface area contributed by atoms with Crippen LogP contribution in [0.4, 0.5) is 5.69 Å². The fraction of sp³-hybridized carbons (Fsp3) is 0.250. The summed E-state index contributed by atoms with van der Waals surface area (Å²) in [5.74, 6) is -0.592. The molecule has 0 saturated heterocycles. The van der Waals surface area contributed by atoms with Crippen molar-refractivity contribution in [3.05, 3.63) is 26.9 Å². The van der Waals surface area contributed by atoms with Gasteiger partial charge in [0.05, 0.1) is 18.5 Å². The van der Waals surface area contributed by atoms with Gasteiger partial charge in [-0.1, -0.05) is 11.6 Å². The van der Waals surface area contributed by atoms with Gasteiger partial charge in [0.1, 0.15) is 0 Å². The first-order chi connectivity index (χ1) is 7.45. The van der Waals surface area contributed by atoms with Crippen LogP contribution in [0.1, 0.15) is 5.56 Å². The summed E-state index contributed by atoms with van der Waals surface area (Å²) in [6, 6.07) is 1.12. The lowest BCUT2D eigenvalue weighted by atomic mass is 10.2. The summed E-state index contributed by atoms with van der Waals surface area (Å²) in [6.45, 7) is 0. The molecule has 16 heavy (non-hydrogen) atoms. The monoisotopic (exact) mass is 245 g/mol. The third kappa shape index (κ3) is 2.57. The molecule has 0 bridgehead atoms. The van der Waals surface area contributed by atoms with Crippen molar-refractivity contribution >= 4 is 23.2 Å². The van der Waals surface area contributed by atoms with Crippen LogP contribution in [0, 0.1) is 10.1 Å². The van der Waals surface area contributed by atoms with E-state index in [4.69, 9.17) is 22.1 Å². The van der Waals surface area contributed by atoms with Crippen LogP contribution in [-0.4, -0.2) is 22.9 Å². The summed E-state index contributed by atoms with van der Waals surface area (Å²) in [4.78, 5) is 24.3. The third-order valence-electron chi connectivity index (χ3n) is 1.75. The number of carbonyl (C=O) groups excluding carboxylic acids is 1. The molecule has 0 fully saturated rings. The first kappa shape index (κ1) is 12.2. The van der Waals surface area contributed by atoms with E-state index in [-0.39, 0.29) is 23.0 Å². The second-order valence-electron chi connectivity index (χ2n) is 2.87. The molecular formula is C8H8ClN3O4. The molecule has 1 amide bonds. The maximum Gasteiger partial charge on any atom is 0.307 e. The normalized spacial score (nSPS) is 9.88. The number of rotatable bonds is 4. The number of pyridine rings is 1. The van der Waals surface area contributed by atoms with Gasteiger partial charge in [0, 0.05) is 11.6 Å². The Hall–Kier alpha value is -1.89. The average molecular weight is 246 g/mol. The maximum atomic E-state index is 10.7. The summed E-state index contributed by atoms with van der Waals surface area (Å²) in [6.07, 6.45) is -0.200. The molecule has 1 heterocycles. The molecule has 0 spiro atoms. The fourth-order valence-electron chi connectivity index (χ4n) is 1.12. The number of halogens is 1. The van der Waals surface area contributed by atoms with Crippen LogP contribution in [0.15, 0.2) is 6.07 Å². The van der Waals surface area contributed by atoms with Gasteiger partial charge in [-0.15, -0.1) is 0 Å². The van der Waals surface area contributed by atoms with E-state index in [1.807, 2.05) is 0 Å². The van der Waals surface area contributed by atoms with Crippen molar-refractivity contribution in [1.29, 1.82) is 0 Å². The molecule has 1 aromatic rings. The molecule has 0 saturated carbocycles. The molecule has 0 radical (unpaired) electrons. The lowest BCUT2D eigenvalue weighted by molar-refractivity contribution is -0.385. The van der Waals surface area contributed by atoms with Gasteiger partial charge in [-0.05, 0) is 0 Å². The Morgan fingerprint density at radius 1 is 1.75 bits per heavy atom. The Morgan fingerprint density at radius 3 is 2.81 bits per heavy atom. The van der Waals surface area contributed by atoms with Gasteiger partial charge in [0.25, 0.3) is 0 Å². The van der Waals surface area contributed by atoms with Crippen LogP contribution in [0.5, 0.6) is 5.88 Å². The zero-order valence-corrected chi connectivity index (χ0v) is 9.02. The number of ether oxygens (including phenoxy) is 1. The molecule has 0 aliphatic carbocycles. The van der Waals surface area contributed by atoms with Crippen molar-refractivity contribution in [2.45, 2.75) is 6.42 Å². The molecule has 8 heteroatoms. The third-order valence-corrected chi connectivity index (χ3v) is 2.03. The summed E-state index contributed by atoms with van der Waals surface area (Å²) >= 11 is 5.56. The Kier molecular flexibility index (Phi) is 3.62. The standard InChI is InChI=1S/C8H8ClN3O4/c1-16-8-4(3-6(10)13)2-5(12(14)15)7(9)11-8/h2H,3H2,1H3,(H2,10,13). The van der Waals surface area contributed by atoms with Crippen molar-refractivity contribution < 1.29 is 14.5 Å². The lowest BCUT2D eigenvalue weighted by Crippen LogP contribution is -2.15. The van der Waals surface area contributed by atoms with Crippen LogP contribution >= 0.6 is 11.6 Å². The van der Waals surface area contributed by atoms with E-state index in [2.05, 4.69) is 4.98 Å². The number of nitro groups is 1. The van der Waals surface area contributed by atoms with E-state index < -0.39 is 16.5 Å². The second-order valence-corrected chi connectivity index (χ2v) is 3.22. The molecule has 0 aliphatic heterocycles. The van der Waals surface area contributed by atoms with Crippen LogP contribution in [-0.2, 0) is 11.2 Å². The number of nitrogens with two attached hydrogens (primary N) is 1. The maximum absolute atomic E-state index is 10.7. The highest BCUT2D eigenvalue weighted by Crippen LogP contribution is 2.28. The van der Waals surface area contributed by atoms with Crippen LogP contribution in [0.2, 0.25) is 5.15 Å². The van der Waals surface area contributed by atoms with Gasteiger partial charge < -0.3 is 10.5 Å². The summed E-state index contributed by atoms with van der Waals surface area (Å²) < 4.78 is 4.84. The highest BCUT2D eigenvalue weighted by atomic mass is 35.5. The minimum Gasteiger partial charge on any atom is -0.481 e. The van der Waals surface area contributed by atoms with Crippen molar-refractivity contribution in [2.75, 3.05) is 7.11 Å². The molecule has 0 aliphatic rings. The minimum absolute atomic E-state index is 0.0504. The number of aromatic nitrogens is 1. The molecule has 2 N–H and O–H groups in total. The zero-order valence-electron chi connectivity index (χ0n) is 8.27. The molecular weight excluding hydrogens is 238 g/mol. The molecule has 7 nitrogen and oxygen atoms in total. The molecule has 0 unspecified atom stereocenters.